The van der Waals surface area contributed by atoms with Crippen LogP contribution >= 0.6 is 0 Å². The third kappa shape index (κ3) is 3.73. The minimum atomic E-state index is -0.685. The molecule has 0 unspecified atom stereocenters. The van der Waals surface area contributed by atoms with Crippen LogP contribution in [0.4, 0.5) is 4.39 Å². The van der Waals surface area contributed by atoms with Crippen LogP contribution in [-0.2, 0) is 0 Å². The molecule has 9 heteroatoms. The van der Waals surface area contributed by atoms with Gasteiger partial charge >= 0.3 is 0 Å². The summed E-state index contributed by atoms with van der Waals surface area (Å²) in [5.74, 6) is 0.781. The predicted molar refractivity (Wildman–Crippen MR) is 116 cm³/mol. The van der Waals surface area contributed by atoms with Crippen molar-refractivity contribution in [1.29, 1.82) is 0 Å². The number of hydrogen-bond donors (Lipinski definition) is 2. The maximum Gasteiger partial charge on any atom is 0.254 e. The second kappa shape index (κ2) is 8.31. The molecule has 0 saturated carbocycles. The molecular weight excluding hydrogens is 415 g/mol. The van der Waals surface area contributed by atoms with Crippen molar-refractivity contribution in [3.8, 4) is 17.2 Å². The van der Waals surface area contributed by atoms with Gasteiger partial charge in [0.2, 0.25) is 0 Å². The van der Waals surface area contributed by atoms with Crippen molar-refractivity contribution >= 4 is 16.9 Å². The Morgan fingerprint density at radius 3 is 2.97 bits per heavy atom. The van der Waals surface area contributed by atoms with Crippen LogP contribution in [0.5, 0.6) is 17.2 Å². The van der Waals surface area contributed by atoms with E-state index < -0.39 is 11.7 Å². The minimum Gasteiger partial charge on any atom is -0.497 e. The Kier molecular flexibility index (Phi) is 5.34. The normalized spacial score (nSPS) is 20.8. The number of aromatic amines is 1. The molecule has 32 heavy (non-hydrogen) atoms. The van der Waals surface area contributed by atoms with Crippen LogP contribution in [0.1, 0.15) is 35.1 Å². The number of carbonyl (C=O) groups is 1. The highest BCUT2D eigenvalue weighted by molar-refractivity contribution is 5.95. The zero-order chi connectivity index (χ0) is 22.2. The Hall–Kier alpha value is -3.33. The summed E-state index contributed by atoms with van der Waals surface area (Å²) in [6.45, 7) is 1.40. The van der Waals surface area contributed by atoms with E-state index in [0.29, 0.717) is 18.8 Å². The number of fused-ring (bicyclic) bond motifs is 2. The number of carbonyl (C=O) groups excluding carboxylic acids is 1. The van der Waals surface area contributed by atoms with Gasteiger partial charge in [-0.15, -0.1) is 0 Å². The Labute approximate surface area is 184 Å². The van der Waals surface area contributed by atoms with Crippen LogP contribution in [0.25, 0.3) is 11.0 Å². The first kappa shape index (κ1) is 20.6. The van der Waals surface area contributed by atoms with E-state index in [9.17, 15) is 9.18 Å². The van der Waals surface area contributed by atoms with E-state index in [4.69, 9.17) is 19.2 Å². The molecule has 0 radical (unpaired) electrons. The van der Waals surface area contributed by atoms with Gasteiger partial charge in [0.05, 0.1) is 29.7 Å². The molecular formula is C23H25FN4O4. The molecule has 3 aromatic rings. The molecule has 2 aliphatic rings. The quantitative estimate of drug-likeness (QED) is 0.648. The van der Waals surface area contributed by atoms with Crippen LogP contribution in [0.2, 0.25) is 0 Å². The van der Waals surface area contributed by atoms with E-state index in [0.717, 1.165) is 35.6 Å². The number of H-pyrrole nitrogens is 1. The molecule has 2 atom stereocenters. The van der Waals surface area contributed by atoms with Crippen LogP contribution in [0, 0.1) is 5.82 Å². The van der Waals surface area contributed by atoms with Gasteiger partial charge in [-0.1, -0.05) is 0 Å². The standard InChI is InChI=1S/C23H25FN4O4/c1-28-8-7-13(11-18(28)22-26-16-5-3-14(30-2)12-17(16)27-22)25-23(29)15-4-6-19-21(20(15)24)32-10-9-31-19/h3-6,12-13,18H,7-11H2,1-2H3,(H,25,29)(H,26,27)/t13-,18-/m1/s1. The Balaban J connectivity index is 1.33. The summed E-state index contributed by atoms with van der Waals surface area (Å²) < 4.78 is 30.9. The van der Waals surface area contributed by atoms with E-state index in [-0.39, 0.29) is 30.0 Å². The van der Waals surface area contributed by atoms with Crippen molar-refractivity contribution in [1.82, 2.24) is 20.2 Å². The highest BCUT2D eigenvalue weighted by Crippen LogP contribution is 2.35. The number of nitrogens with one attached hydrogen (secondary N) is 2. The SMILES string of the molecule is COc1ccc2nc([C@H]3C[C@H](NC(=O)c4ccc5c(c4F)OCCO5)CCN3C)[nH]c2c1. The van der Waals surface area contributed by atoms with Crippen LogP contribution in [0.15, 0.2) is 30.3 Å². The summed E-state index contributed by atoms with van der Waals surface area (Å²) in [6.07, 6.45) is 1.42. The molecule has 1 fully saturated rings. The summed E-state index contributed by atoms with van der Waals surface area (Å²) in [7, 11) is 3.67. The monoisotopic (exact) mass is 440 g/mol. The average Bonchev–Trinajstić information content (AvgIpc) is 3.23. The molecule has 168 valence electrons. The first-order valence-electron chi connectivity index (χ1n) is 10.7. The number of aromatic nitrogens is 2. The van der Waals surface area contributed by atoms with Gasteiger partial charge in [-0.05, 0) is 44.2 Å². The fourth-order valence-electron chi connectivity index (χ4n) is 4.35. The number of nitrogens with zero attached hydrogens (tertiary/aromatic N) is 2. The van der Waals surface area contributed by atoms with Gasteiger partial charge in [-0.2, -0.15) is 0 Å². The Morgan fingerprint density at radius 2 is 2.12 bits per heavy atom. The third-order valence-corrected chi connectivity index (χ3v) is 6.12. The number of piperidine rings is 1. The topological polar surface area (TPSA) is 88.7 Å². The van der Waals surface area contributed by atoms with Crippen molar-refractivity contribution in [2.24, 2.45) is 0 Å². The van der Waals surface area contributed by atoms with Crippen LogP contribution < -0.4 is 19.5 Å². The molecule has 1 saturated heterocycles. The van der Waals surface area contributed by atoms with Crippen molar-refractivity contribution in [2.75, 3.05) is 33.9 Å². The number of halogens is 1. The van der Waals surface area contributed by atoms with Gasteiger partial charge in [-0.25, -0.2) is 9.37 Å². The minimum absolute atomic E-state index is 0.00226. The molecule has 3 heterocycles. The molecule has 2 N–H and O–H groups in total. The zero-order valence-corrected chi connectivity index (χ0v) is 18.0. The highest BCUT2D eigenvalue weighted by Gasteiger charge is 2.31. The van der Waals surface area contributed by atoms with E-state index in [1.165, 1.54) is 6.07 Å². The molecule has 0 spiro atoms. The fourth-order valence-corrected chi connectivity index (χ4v) is 4.35. The smallest absolute Gasteiger partial charge is 0.254 e. The molecule has 2 aliphatic heterocycles. The lowest BCUT2D eigenvalue weighted by atomic mass is 9.96. The second-order valence-electron chi connectivity index (χ2n) is 8.15. The van der Waals surface area contributed by atoms with Crippen LogP contribution in [-0.4, -0.2) is 60.7 Å². The predicted octanol–water partition coefficient (Wildman–Crippen LogP) is 3.05. The van der Waals surface area contributed by atoms with E-state index in [1.54, 1.807) is 13.2 Å². The Morgan fingerprint density at radius 1 is 1.28 bits per heavy atom. The summed E-state index contributed by atoms with van der Waals surface area (Å²) in [6, 6.07) is 8.61. The summed E-state index contributed by atoms with van der Waals surface area (Å²) in [4.78, 5) is 23.2. The van der Waals surface area contributed by atoms with Gasteiger partial charge in [0, 0.05) is 18.7 Å². The van der Waals surface area contributed by atoms with Crippen molar-refractivity contribution in [3.63, 3.8) is 0 Å². The lowest BCUT2D eigenvalue weighted by Gasteiger charge is -2.36. The lowest BCUT2D eigenvalue weighted by molar-refractivity contribution is 0.0877. The van der Waals surface area contributed by atoms with Gasteiger partial charge < -0.3 is 24.5 Å². The summed E-state index contributed by atoms with van der Waals surface area (Å²) in [5, 5.41) is 2.99. The van der Waals surface area contributed by atoms with Crippen LogP contribution in [0.3, 0.4) is 0 Å². The first-order chi connectivity index (χ1) is 15.5. The molecule has 5 rings (SSSR count). The number of methoxy groups -OCH3 is 1. The van der Waals surface area contributed by atoms with Crippen molar-refractivity contribution in [2.45, 2.75) is 24.9 Å². The maximum atomic E-state index is 14.8. The van der Waals surface area contributed by atoms with Gasteiger partial charge in [-0.3, -0.25) is 9.69 Å². The van der Waals surface area contributed by atoms with Gasteiger partial charge in [0.1, 0.15) is 24.8 Å². The van der Waals surface area contributed by atoms with Gasteiger partial charge in [0.15, 0.2) is 17.3 Å². The number of rotatable bonds is 4. The van der Waals surface area contributed by atoms with Crippen molar-refractivity contribution < 1.29 is 23.4 Å². The number of benzene rings is 2. The molecule has 1 aromatic heterocycles. The molecule has 0 aliphatic carbocycles. The number of ether oxygens (including phenoxy) is 3. The number of amides is 1. The molecule has 1 amide bonds. The Bertz CT molecular complexity index is 1160. The summed E-state index contributed by atoms with van der Waals surface area (Å²) >= 11 is 0. The average molecular weight is 440 g/mol. The fraction of sp³-hybridized carbons (Fsp3) is 0.391. The van der Waals surface area contributed by atoms with E-state index >= 15 is 0 Å². The highest BCUT2D eigenvalue weighted by atomic mass is 19.1. The maximum absolute atomic E-state index is 14.8. The third-order valence-electron chi connectivity index (χ3n) is 6.12. The molecule has 8 nitrogen and oxygen atoms in total. The first-order valence-corrected chi connectivity index (χ1v) is 10.7. The van der Waals surface area contributed by atoms with E-state index in [1.807, 2.05) is 25.2 Å². The molecule has 2 aromatic carbocycles. The number of likely N-dealkylation sites (tertiary alicyclic amines) is 1. The second-order valence-corrected chi connectivity index (χ2v) is 8.15. The van der Waals surface area contributed by atoms with E-state index in [2.05, 4.69) is 15.2 Å². The number of hydrogen-bond acceptors (Lipinski definition) is 6. The zero-order valence-electron chi connectivity index (χ0n) is 18.0. The largest absolute Gasteiger partial charge is 0.497 e. The van der Waals surface area contributed by atoms with Crippen molar-refractivity contribution in [3.05, 3.63) is 47.5 Å². The lowest BCUT2D eigenvalue weighted by Crippen LogP contribution is -2.45. The van der Waals surface area contributed by atoms with Gasteiger partial charge in [0.25, 0.3) is 5.91 Å². The number of imidazole rings is 1. The summed E-state index contributed by atoms with van der Waals surface area (Å²) in [5.41, 5.74) is 1.72. The molecule has 0 bridgehead atoms.